The van der Waals surface area contributed by atoms with Crippen LogP contribution in [0.15, 0.2) is 59.5 Å². The number of ether oxygens (including phenoxy) is 3. The van der Waals surface area contributed by atoms with Crippen LogP contribution in [-0.2, 0) is 30.7 Å². The lowest BCUT2D eigenvalue weighted by Gasteiger charge is -2.40. The molecule has 0 aliphatic carbocycles. The first kappa shape index (κ1) is 37.4. The normalized spacial score (nSPS) is 20.6. The van der Waals surface area contributed by atoms with Crippen molar-refractivity contribution in [3.8, 4) is 0 Å². The molecule has 2 fully saturated rings. The molecule has 2 saturated heterocycles. The molecule has 5 atom stereocenters. The predicted molar refractivity (Wildman–Crippen MR) is 180 cm³/mol. The van der Waals surface area contributed by atoms with E-state index in [-0.39, 0.29) is 36.9 Å². The lowest BCUT2D eigenvalue weighted by molar-refractivity contribution is -0.0906. The van der Waals surface area contributed by atoms with Gasteiger partial charge in [-0.1, -0.05) is 56.7 Å². The zero-order chi connectivity index (χ0) is 34.9. The van der Waals surface area contributed by atoms with Gasteiger partial charge in [-0.2, -0.15) is 4.31 Å². The highest BCUT2D eigenvalue weighted by Gasteiger charge is 2.49. The van der Waals surface area contributed by atoms with Crippen molar-refractivity contribution in [2.45, 2.75) is 75.3 Å². The maximum atomic E-state index is 14.3. The summed E-state index contributed by atoms with van der Waals surface area (Å²) in [7, 11) is -1.15. The van der Waals surface area contributed by atoms with E-state index in [1.807, 2.05) is 44.2 Å². The van der Waals surface area contributed by atoms with Gasteiger partial charge < -0.3 is 35.1 Å². The predicted octanol–water partition coefficient (Wildman–Crippen LogP) is 3.99. The molecule has 2 aromatic carbocycles. The van der Waals surface area contributed by atoms with Crippen LogP contribution >= 0.6 is 0 Å². The van der Waals surface area contributed by atoms with E-state index in [2.05, 4.69) is 15.4 Å². The highest BCUT2D eigenvalue weighted by molar-refractivity contribution is 7.89. The number of carboxylic acid groups (broad SMARTS) is 1. The van der Waals surface area contributed by atoms with E-state index < -0.39 is 52.1 Å². The van der Waals surface area contributed by atoms with Crippen LogP contribution in [0.3, 0.4) is 0 Å². The summed E-state index contributed by atoms with van der Waals surface area (Å²) in [6, 6.07) is 14.2. The summed E-state index contributed by atoms with van der Waals surface area (Å²) in [6.45, 7) is 4.65. The smallest absolute Gasteiger partial charge is 0.407 e. The number of sulfonamides is 1. The first-order chi connectivity index (χ1) is 22.9. The number of alkyl carbamates (subject to hydrolysis) is 1. The average molecular weight is 691 g/mol. The molecule has 48 heavy (non-hydrogen) atoms. The molecule has 2 heterocycles. The van der Waals surface area contributed by atoms with E-state index in [1.54, 1.807) is 25.2 Å². The third kappa shape index (κ3) is 9.59. The van der Waals surface area contributed by atoms with Crippen molar-refractivity contribution in [3.63, 3.8) is 0 Å². The minimum atomic E-state index is -4.15. The fourth-order valence-corrected chi connectivity index (χ4v) is 8.31. The standard InChI is InChI=1S/C34H50N4O9S/c1-34(2,16-8-9-17-36-32(40)45-4)23-37(48(43,44)26-14-10-13-25(20-26)35-3)21-30(39)28(19-24-11-6-5-7-12-24)38(33(41)42)29-22-47-31-27(29)15-18-46-31/h5-7,10-14,20,27-31,35,39H,8-9,15-19,21-23H2,1-4H3,(H,36,40)(H,41,42)/t27-,28-,29-,30+,31+/m0/s1. The highest BCUT2D eigenvalue weighted by atomic mass is 32.2. The summed E-state index contributed by atoms with van der Waals surface area (Å²) in [5, 5.41) is 28.3. The van der Waals surface area contributed by atoms with Gasteiger partial charge in [0.15, 0.2) is 6.29 Å². The van der Waals surface area contributed by atoms with Gasteiger partial charge in [0.2, 0.25) is 10.0 Å². The van der Waals surface area contributed by atoms with Crippen molar-refractivity contribution >= 4 is 27.9 Å². The average Bonchev–Trinajstić information content (AvgIpc) is 3.69. The number of benzene rings is 2. The van der Waals surface area contributed by atoms with Crippen molar-refractivity contribution in [1.82, 2.24) is 14.5 Å². The second-order valence-corrected chi connectivity index (χ2v) is 15.2. The van der Waals surface area contributed by atoms with E-state index in [1.165, 1.54) is 22.4 Å². The first-order valence-corrected chi connectivity index (χ1v) is 17.9. The fraction of sp³-hybridized carbons (Fsp3) is 0.588. The van der Waals surface area contributed by atoms with Crippen LogP contribution < -0.4 is 10.6 Å². The number of carbonyl (C=O) groups excluding carboxylic acids is 1. The van der Waals surface area contributed by atoms with Crippen LogP contribution in [-0.4, -0.2) is 112 Å². The zero-order valence-electron chi connectivity index (χ0n) is 28.2. The highest BCUT2D eigenvalue weighted by Crippen LogP contribution is 2.36. The molecule has 2 aromatic rings. The molecule has 0 spiro atoms. The number of aliphatic hydroxyl groups is 1. The number of hydrogen-bond donors (Lipinski definition) is 4. The van der Waals surface area contributed by atoms with Crippen LogP contribution in [0.5, 0.6) is 0 Å². The molecular weight excluding hydrogens is 640 g/mol. The van der Waals surface area contributed by atoms with Crippen molar-refractivity contribution < 1.29 is 42.4 Å². The Balaban J connectivity index is 1.64. The van der Waals surface area contributed by atoms with Gasteiger partial charge >= 0.3 is 12.2 Å². The minimum absolute atomic E-state index is 0.0597. The van der Waals surface area contributed by atoms with Gasteiger partial charge in [-0.25, -0.2) is 18.0 Å². The molecule has 2 amide bonds. The van der Waals surface area contributed by atoms with Gasteiger partial charge in [-0.3, -0.25) is 4.90 Å². The van der Waals surface area contributed by atoms with Gasteiger partial charge in [0.25, 0.3) is 0 Å². The first-order valence-electron chi connectivity index (χ1n) is 16.4. The molecule has 0 bridgehead atoms. The SMILES string of the molecule is CNc1cccc(S(=O)(=O)N(C[C@@H](O)[C@H](Cc2ccccc2)N(C(=O)O)[C@H]2CO[C@H]3OCC[C@H]32)CC(C)(C)CCCCNC(=O)OC)c1. The molecule has 14 heteroatoms. The number of nitrogens with one attached hydrogen (secondary N) is 2. The van der Waals surface area contributed by atoms with Crippen molar-refractivity contribution in [2.75, 3.05) is 52.3 Å². The molecule has 0 aromatic heterocycles. The Kier molecular flexibility index (Phi) is 13.1. The number of carbonyl (C=O) groups is 2. The molecule has 4 rings (SSSR count). The van der Waals surface area contributed by atoms with Gasteiger partial charge in [0, 0.05) is 38.3 Å². The van der Waals surface area contributed by atoms with E-state index in [9.17, 15) is 28.2 Å². The Bertz CT molecular complexity index is 1460. The number of fused-ring (bicyclic) bond motifs is 1. The Morgan fingerprint density at radius 1 is 1.10 bits per heavy atom. The van der Waals surface area contributed by atoms with E-state index >= 15 is 0 Å². The Morgan fingerprint density at radius 2 is 1.85 bits per heavy atom. The summed E-state index contributed by atoms with van der Waals surface area (Å²) in [5.74, 6) is -0.191. The molecule has 0 unspecified atom stereocenters. The van der Waals surface area contributed by atoms with Crippen molar-refractivity contribution in [1.29, 1.82) is 0 Å². The number of hydrogen-bond acceptors (Lipinski definition) is 9. The molecular formula is C34H50N4O9S. The third-order valence-corrected chi connectivity index (χ3v) is 11.0. The monoisotopic (exact) mass is 690 g/mol. The maximum absolute atomic E-state index is 14.3. The molecule has 2 aliphatic heterocycles. The van der Waals surface area contributed by atoms with Gasteiger partial charge in [-0.05, 0) is 54.9 Å². The third-order valence-electron chi connectivity index (χ3n) is 9.17. The van der Waals surface area contributed by atoms with Crippen molar-refractivity contribution in [2.24, 2.45) is 11.3 Å². The largest absolute Gasteiger partial charge is 0.465 e. The molecule has 2 aliphatic rings. The lowest BCUT2D eigenvalue weighted by Crippen LogP contribution is -2.58. The second kappa shape index (κ2) is 16.8. The number of nitrogens with zero attached hydrogens (tertiary/aromatic N) is 2. The van der Waals surface area contributed by atoms with Gasteiger partial charge in [0.05, 0.1) is 43.4 Å². The number of amides is 2. The summed E-state index contributed by atoms with van der Waals surface area (Å²) < 4.78 is 46.1. The quantitative estimate of drug-likeness (QED) is 0.178. The van der Waals surface area contributed by atoms with Crippen molar-refractivity contribution in [3.05, 3.63) is 60.2 Å². The molecule has 266 valence electrons. The van der Waals surface area contributed by atoms with Crippen LogP contribution in [0.2, 0.25) is 0 Å². The number of methoxy groups -OCH3 is 1. The molecule has 4 N–H and O–H groups in total. The Labute approximate surface area is 283 Å². The van der Waals surface area contributed by atoms with E-state index in [0.29, 0.717) is 44.5 Å². The van der Waals surface area contributed by atoms with Crippen LogP contribution in [0.1, 0.15) is 45.1 Å². The lowest BCUT2D eigenvalue weighted by atomic mass is 9.87. The second-order valence-electron chi connectivity index (χ2n) is 13.2. The number of rotatable bonds is 17. The minimum Gasteiger partial charge on any atom is -0.465 e. The summed E-state index contributed by atoms with van der Waals surface area (Å²) in [6.07, 6.45) is -0.819. The van der Waals surface area contributed by atoms with Gasteiger partial charge in [0.1, 0.15) is 0 Å². The Morgan fingerprint density at radius 3 is 2.54 bits per heavy atom. The number of anilines is 1. The van der Waals surface area contributed by atoms with Crippen LogP contribution in [0.25, 0.3) is 0 Å². The molecule has 13 nitrogen and oxygen atoms in total. The van der Waals surface area contributed by atoms with Gasteiger partial charge in [-0.15, -0.1) is 0 Å². The fourth-order valence-electron chi connectivity index (χ4n) is 6.62. The number of aliphatic hydroxyl groups excluding tert-OH is 1. The Hall–Kier alpha value is -3.43. The zero-order valence-corrected chi connectivity index (χ0v) is 29.0. The topological polar surface area (TPSA) is 167 Å². The van der Waals surface area contributed by atoms with Crippen LogP contribution in [0.4, 0.5) is 15.3 Å². The number of unbranched alkanes of at least 4 members (excludes halogenated alkanes) is 1. The summed E-state index contributed by atoms with van der Waals surface area (Å²) in [5.41, 5.74) is 0.888. The van der Waals surface area contributed by atoms with E-state index in [0.717, 1.165) is 5.56 Å². The summed E-state index contributed by atoms with van der Waals surface area (Å²) in [4.78, 5) is 25.7. The summed E-state index contributed by atoms with van der Waals surface area (Å²) >= 11 is 0. The molecule has 0 saturated carbocycles. The van der Waals surface area contributed by atoms with Crippen LogP contribution in [0, 0.1) is 11.3 Å². The van der Waals surface area contributed by atoms with E-state index in [4.69, 9.17) is 9.47 Å². The maximum Gasteiger partial charge on any atom is 0.407 e. The molecule has 0 radical (unpaired) electrons.